The lowest BCUT2D eigenvalue weighted by atomic mass is 10.1. The van der Waals surface area contributed by atoms with Gasteiger partial charge < -0.3 is 10.2 Å². The number of halogens is 2. The average molecular weight is 449 g/mol. The van der Waals surface area contributed by atoms with E-state index in [4.69, 9.17) is 23.2 Å². The first-order chi connectivity index (χ1) is 14.5. The SMILES string of the molecule is CCCCNC(=O)[C@@H](CC)N(CCc1ccccc1)C(=O)Cc1c(Cl)cccc1Cl. The Morgan fingerprint density at radius 2 is 1.67 bits per heavy atom. The molecule has 2 aromatic carbocycles. The van der Waals surface area contributed by atoms with Gasteiger partial charge in [-0.05, 0) is 42.5 Å². The van der Waals surface area contributed by atoms with E-state index in [-0.39, 0.29) is 18.2 Å². The van der Waals surface area contributed by atoms with E-state index in [1.807, 2.05) is 37.3 Å². The number of carbonyl (C=O) groups excluding carboxylic acids is 2. The summed E-state index contributed by atoms with van der Waals surface area (Å²) in [6.45, 7) is 5.06. The van der Waals surface area contributed by atoms with Crippen LogP contribution in [0.15, 0.2) is 48.5 Å². The van der Waals surface area contributed by atoms with Crippen molar-refractivity contribution in [2.45, 2.75) is 52.0 Å². The van der Waals surface area contributed by atoms with Crippen molar-refractivity contribution in [2.24, 2.45) is 0 Å². The standard InChI is InChI=1S/C24H30Cl2N2O2/c1-3-5-15-27-24(30)22(4-2)28(16-14-18-10-7-6-8-11-18)23(29)17-19-20(25)12-9-13-21(19)26/h6-13,22H,3-5,14-17H2,1-2H3,(H,27,30)/t22-/m1/s1. The molecule has 0 saturated heterocycles. The highest BCUT2D eigenvalue weighted by Gasteiger charge is 2.28. The van der Waals surface area contributed by atoms with E-state index in [1.165, 1.54) is 0 Å². The van der Waals surface area contributed by atoms with Gasteiger partial charge >= 0.3 is 0 Å². The van der Waals surface area contributed by atoms with Crippen LogP contribution in [0.25, 0.3) is 0 Å². The van der Waals surface area contributed by atoms with E-state index in [1.54, 1.807) is 23.1 Å². The average Bonchev–Trinajstić information content (AvgIpc) is 2.74. The van der Waals surface area contributed by atoms with Crippen molar-refractivity contribution in [2.75, 3.05) is 13.1 Å². The third kappa shape index (κ3) is 7.03. The summed E-state index contributed by atoms with van der Waals surface area (Å²) in [5, 5.41) is 3.89. The molecule has 0 aliphatic heterocycles. The Kier molecular flexibility index (Phi) is 10.2. The number of hydrogen-bond acceptors (Lipinski definition) is 2. The van der Waals surface area contributed by atoms with Gasteiger partial charge in [0, 0.05) is 23.1 Å². The van der Waals surface area contributed by atoms with Crippen LogP contribution >= 0.6 is 23.2 Å². The van der Waals surface area contributed by atoms with Crippen LogP contribution in [0.4, 0.5) is 0 Å². The normalized spacial score (nSPS) is 11.7. The Morgan fingerprint density at radius 1 is 1.00 bits per heavy atom. The van der Waals surface area contributed by atoms with Crippen molar-refractivity contribution in [3.8, 4) is 0 Å². The second-order valence-electron chi connectivity index (χ2n) is 7.27. The highest BCUT2D eigenvalue weighted by Crippen LogP contribution is 2.25. The van der Waals surface area contributed by atoms with Crippen molar-refractivity contribution >= 4 is 35.0 Å². The van der Waals surface area contributed by atoms with Gasteiger partial charge in [-0.1, -0.05) is 79.9 Å². The number of amides is 2. The van der Waals surface area contributed by atoms with Gasteiger partial charge in [-0.15, -0.1) is 0 Å². The van der Waals surface area contributed by atoms with Crippen molar-refractivity contribution in [1.82, 2.24) is 10.2 Å². The first kappa shape index (κ1) is 24.2. The summed E-state index contributed by atoms with van der Waals surface area (Å²) in [4.78, 5) is 27.8. The maximum atomic E-state index is 13.3. The second kappa shape index (κ2) is 12.6. The zero-order chi connectivity index (χ0) is 21.9. The van der Waals surface area contributed by atoms with Crippen molar-refractivity contribution < 1.29 is 9.59 Å². The Balaban J connectivity index is 2.21. The minimum absolute atomic E-state index is 0.0615. The van der Waals surface area contributed by atoms with Gasteiger partial charge in [-0.3, -0.25) is 9.59 Å². The topological polar surface area (TPSA) is 49.4 Å². The molecule has 0 spiro atoms. The van der Waals surface area contributed by atoms with Crippen LogP contribution < -0.4 is 5.32 Å². The van der Waals surface area contributed by atoms with E-state index in [0.29, 0.717) is 41.5 Å². The van der Waals surface area contributed by atoms with Crippen LogP contribution in [0, 0.1) is 0 Å². The molecule has 4 nitrogen and oxygen atoms in total. The number of nitrogens with zero attached hydrogens (tertiary/aromatic N) is 1. The Labute approximate surface area is 189 Å². The van der Waals surface area contributed by atoms with Crippen molar-refractivity contribution in [3.05, 3.63) is 69.7 Å². The molecular formula is C24H30Cl2N2O2. The second-order valence-corrected chi connectivity index (χ2v) is 8.08. The van der Waals surface area contributed by atoms with Crippen LogP contribution in [0.1, 0.15) is 44.2 Å². The van der Waals surface area contributed by atoms with Gasteiger partial charge in [-0.2, -0.15) is 0 Å². The highest BCUT2D eigenvalue weighted by atomic mass is 35.5. The van der Waals surface area contributed by atoms with E-state index in [9.17, 15) is 9.59 Å². The summed E-state index contributed by atoms with van der Waals surface area (Å²) in [5.41, 5.74) is 1.71. The number of hydrogen-bond donors (Lipinski definition) is 1. The molecule has 1 N–H and O–H groups in total. The van der Waals surface area contributed by atoms with E-state index in [0.717, 1.165) is 18.4 Å². The molecule has 0 aromatic heterocycles. The maximum Gasteiger partial charge on any atom is 0.242 e. The first-order valence-corrected chi connectivity index (χ1v) is 11.3. The largest absolute Gasteiger partial charge is 0.354 e. The predicted molar refractivity (Wildman–Crippen MR) is 124 cm³/mol. The summed E-state index contributed by atoms with van der Waals surface area (Å²) < 4.78 is 0. The van der Waals surface area contributed by atoms with Gasteiger partial charge in [0.15, 0.2) is 0 Å². The summed E-state index contributed by atoms with van der Waals surface area (Å²) in [7, 11) is 0. The molecule has 162 valence electrons. The fourth-order valence-electron chi connectivity index (χ4n) is 3.36. The Hall–Kier alpha value is -2.04. The molecule has 0 radical (unpaired) electrons. The molecule has 0 bridgehead atoms. The van der Waals surface area contributed by atoms with Crippen LogP contribution in [0.2, 0.25) is 10.0 Å². The van der Waals surface area contributed by atoms with E-state index < -0.39 is 6.04 Å². The molecule has 0 aliphatic carbocycles. The first-order valence-electron chi connectivity index (χ1n) is 10.5. The third-order valence-corrected chi connectivity index (χ3v) is 5.80. The minimum Gasteiger partial charge on any atom is -0.354 e. The molecule has 0 saturated carbocycles. The lowest BCUT2D eigenvalue weighted by Gasteiger charge is -2.31. The Bertz CT molecular complexity index is 807. The number of unbranched alkanes of at least 4 members (excludes halogenated alkanes) is 1. The van der Waals surface area contributed by atoms with Crippen LogP contribution in [0.5, 0.6) is 0 Å². The smallest absolute Gasteiger partial charge is 0.242 e. The maximum absolute atomic E-state index is 13.3. The zero-order valence-electron chi connectivity index (χ0n) is 17.7. The monoisotopic (exact) mass is 448 g/mol. The molecule has 2 rings (SSSR count). The van der Waals surface area contributed by atoms with Crippen molar-refractivity contribution in [3.63, 3.8) is 0 Å². The lowest BCUT2D eigenvalue weighted by molar-refractivity contribution is -0.140. The predicted octanol–water partition coefficient (Wildman–Crippen LogP) is 5.30. The third-order valence-electron chi connectivity index (χ3n) is 5.09. The zero-order valence-corrected chi connectivity index (χ0v) is 19.2. The lowest BCUT2D eigenvalue weighted by Crippen LogP contribution is -2.50. The molecule has 1 atom stereocenters. The molecular weight excluding hydrogens is 419 g/mol. The summed E-state index contributed by atoms with van der Waals surface area (Å²) >= 11 is 12.6. The van der Waals surface area contributed by atoms with Gasteiger partial charge in [0.05, 0.1) is 6.42 Å². The van der Waals surface area contributed by atoms with Gasteiger partial charge in [0.1, 0.15) is 6.04 Å². The van der Waals surface area contributed by atoms with E-state index >= 15 is 0 Å². The Morgan fingerprint density at radius 3 is 2.27 bits per heavy atom. The van der Waals surface area contributed by atoms with Gasteiger partial charge in [0.25, 0.3) is 0 Å². The number of rotatable bonds is 11. The number of nitrogens with one attached hydrogen (secondary N) is 1. The fourth-order valence-corrected chi connectivity index (χ4v) is 3.89. The van der Waals surface area contributed by atoms with E-state index in [2.05, 4.69) is 12.2 Å². The molecule has 6 heteroatoms. The summed E-state index contributed by atoms with van der Waals surface area (Å²) in [6.07, 6.45) is 3.18. The molecule has 0 heterocycles. The van der Waals surface area contributed by atoms with Crippen molar-refractivity contribution in [1.29, 1.82) is 0 Å². The minimum atomic E-state index is -0.528. The number of benzene rings is 2. The summed E-state index contributed by atoms with van der Waals surface area (Å²) in [6, 6.07) is 14.6. The number of carbonyl (C=O) groups is 2. The molecule has 0 unspecified atom stereocenters. The molecule has 0 fully saturated rings. The van der Waals surface area contributed by atoms with Crippen LogP contribution in [-0.4, -0.2) is 35.8 Å². The highest BCUT2D eigenvalue weighted by molar-refractivity contribution is 6.36. The molecule has 30 heavy (non-hydrogen) atoms. The van der Waals surface area contributed by atoms with Crippen LogP contribution in [-0.2, 0) is 22.4 Å². The van der Waals surface area contributed by atoms with Gasteiger partial charge in [-0.25, -0.2) is 0 Å². The quantitative estimate of drug-likeness (QED) is 0.473. The molecule has 2 aromatic rings. The fraction of sp³-hybridized carbons (Fsp3) is 0.417. The van der Waals surface area contributed by atoms with Gasteiger partial charge in [0.2, 0.25) is 11.8 Å². The van der Waals surface area contributed by atoms with Crippen LogP contribution in [0.3, 0.4) is 0 Å². The molecule has 2 amide bonds. The molecule has 0 aliphatic rings. The summed E-state index contributed by atoms with van der Waals surface area (Å²) in [5.74, 6) is -0.268.